The van der Waals surface area contributed by atoms with Gasteiger partial charge < -0.3 is 16.1 Å². The second kappa shape index (κ2) is 6.25. The molecule has 2 rings (SSSR count). The van der Waals surface area contributed by atoms with Gasteiger partial charge in [0.15, 0.2) is 11.6 Å². The number of benzene rings is 1. The van der Waals surface area contributed by atoms with Gasteiger partial charge >= 0.3 is 0 Å². The number of hydrogen-bond donors (Lipinski definition) is 3. The fourth-order valence-electron chi connectivity index (χ4n) is 1.99. The summed E-state index contributed by atoms with van der Waals surface area (Å²) in [6.45, 7) is 0.227. The molecule has 5 nitrogen and oxygen atoms in total. The molecule has 4 N–H and O–H groups in total. The number of rotatable bonds is 6. The number of aromatic amines is 1. The van der Waals surface area contributed by atoms with Gasteiger partial charge in [0.1, 0.15) is 0 Å². The minimum absolute atomic E-state index is 0.120. The molecular formula is C14H14F2N4O. The number of primary amides is 1. The lowest BCUT2D eigenvalue weighted by Crippen LogP contribution is -2.11. The van der Waals surface area contributed by atoms with Crippen LogP contribution in [0.3, 0.4) is 0 Å². The first-order chi connectivity index (χ1) is 10.0. The molecule has 0 aliphatic rings. The lowest BCUT2D eigenvalue weighted by atomic mass is 10.0. The van der Waals surface area contributed by atoms with Gasteiger partial charge in [-0.25, -0.2) is 8.78 Å². The lowest BCUT2D eigenvalue weighted by molar-refractivity contribution is -0.117. The molecule has 0 spiro atoms. The molecule has 0 saturated carbocycles. The first-order valence-corrected chi connectivity index (χ1v) is 6.27. The van der Waals surface area contributed by atoms with Crippen molar-refractivity contribution in [1.82, 2.24) is 4.98 Å². The number of nitrogens with one attached hydrogen (secondary N) is 2. The summed E-state index contributed by atoms with van der Waals surface area (Å²) in [7, 11) is 0. The number of fused-ring (bicyclic) bond motifs is 1. The van der Waals surface area contributed by atoms with E-state index in [2.05, 4.69) is 9.98 Å². The van der Waals surface area contributed by atoms with E-state index in [4.69, 9.17) is 11.1 Å². The van der Waals surface area contributed by atoms with Crippen LogP contribution >= 0.6 is 0 Å². The molecule has 1 unspecified atom stereocenters. The molecule has 1 heterocycles. The van der Waals surface area contributed by atoms with Crippen LogP contribution in [0, 0.1) is 17.0 Å². The van der Waals surface area contributed by atoms with Crippen molar-refractivity contribution in [3.05, 3.63) is 35.5 Å². The zero-order valence-electron chi connectivity index (χ0n) is 11.1. The SMILES string of the molecule is N=CC(C=NCCC(N)=O)c1c[nH]c2cc(F)c(F)cc12. The van der Waals surface area contributed by atoms with Crippen molar-refractivity contribution >= 4 is 29.2 Å². The Hall–Kier alpha value is -2.57. The second-order valence-corrected chi connectivity index (χ2v) is 4.52. The molecule has 21 heavy (non-hydrogen) atoms. The third-order valence-electron chi connectivity index (χ3n) is 3.05. The van der Waals surface area contributed by atoms with Gasteiger partial charge in [-0.3, -0.25) is 9.79 Å². The van der Waals surface area contributed by atoms with Crippen molar-refractivity contribution in [3.63, 3.8) is 0 Å². The average molecular weight is 292 g/mol. The van der Waals surface area contributed by atoms with E-state index in [1.54, 1.807) is 6.20 Å². The van der Waals surface area contributed by atoms with Gasteiger partial charge in [-0.05, 0) is 11.6 Å². The number of carbonyl (C=O) groups is 1. The van der Waals surface area contributed by atoms with Crippen LogP contribution in [0.15, 0.2) is 23.3 Å². The molecule has 0 aliphatic heterocycles. The Morgan fingerprint density at radius 2 is 2.14 bits per heavy atom. The number of nitrogens with two attached hydrogens (primary N) is 1. The summed E-state index contributed by atoms with van der Waals surface area (Å²) >= 11 is 0. The van der Waals surface area contributed by atoms with Crippen LogP contribution in [0.1, 0.15) is 17.9 Å². The van der Waals surface area contributed by atoms with Gasteiger partial charge in [0.25, 0.3) is 0 Å². The van der Waals surface area contributed by atoms with E-state index in [9.17, 15) is 13.6 Å². The van der Waals surface area contributed by atoms with E-state index in [-0.39, 0.29) is 13.0 Å². The van der Waals surface area contributed by atoms with Gasteiger partial charge in [-0.1, -0.05) is 0 Å². The molecule has 1 atom stereocenters. The highest BCUT2D eigenvalue weighted by molar-refractivity contribution is 5.96. The number of nitrogens with zero attached hydrogens (tertiary/aromatic N) is 1. The number of amides is 1. The largest absolute Gasteiger partial charge is 0.370 e. The van der Waals surface area contributed by atoms with E-state index in [0.717, 1.165) is 18.3 Å². The van der Waals surface area contributed by atoms with Gasteiger partial charge in [-0.15, -0.1) is 0 Å². The third kappa shape index (κ3) is 3.31. The molecular weight excluding hydrogens is 278 g/mol. The van der Waals surface area contributed by atoms with Gasteiger partial charge in [0.2, 0.25) is 5.91 Å². The molecule has 0 saturated heterocycles. The summed E-state index contributed by atoms with van der Waals surface area (Å²) in [4.78, 5) is 17.5. The Morgan fingerprint density at radius 1 is 1.43 bits per heavy atom. The zero-order valence-corrected chi connectivity index (χ0v) is 11.1. The maximum Gasteiger partial charge on any atom is 0.219 e. The van der Waals surface area contributed by atoms with Crippen LogP contribution in [0.25, 0.3) is 10.9 Å². The van der Waals surface area contributed by atoms with E-state index in [1.165, 1.54) is 6.21 Å². The lowest BCUT2D eigenvalue weighted by Gasteiger charge is -2.05. The first-order valence-electron chi connectivity index (χ1n) is 6.27. The second-order valence-electron chi connectivity index (χ2n) is 4.52. The molecule has 1 aromatic carbocycles. The Balaban J connectivity index is 2.28. The van der Waals surface area contributed by atoms with Crippen molar-refractivity contribution < 1.29 is 13.6 Å². The molecule has 1 aromatic heterocycles. The van der Waals surface area contributed by atoms with Crippen molar-refractivity contribution in [3.8, 4) is 0 Å². The van der Waals surface area contributed by atoms with E-state index in [0.29, 0.717) is 16.5 Å². The molecule has 110 valence electrons. The van der Waals surface area contributed by atoms with E-state index >= 15 is 0 Å². The molecule has 0 fully saturated rings. The van der Waals surface area contributed by atoms with Crippen molar-refractivity contribution in [2.45, 2.75) is 12.3 Å². The fourth-order valence-corrected chi connectivity index (χ4v) is 1.99. The topological polar surface area (TPSA) is 95.1 Å². The minimum atomic E-state index is -0.947. The Morgan fingerprint density at radius 3 is 2.81 bits per heavy atom. The average Bonchev–Trinajstić information content (AvgIpc) is 2.82. The van der Waals surface area contributed by atoms with E-state index in [1.807, 2.05) is 0 Å². The van der Waals surface area contributed by atoms with Crippen molar-refractivity contribution in [2.24, 2.45) is 10.7 Å². The normalized spacial score (nSPS) is 12.9. The number of carbonyl (C=O) groups excluding carboxylic acids is 1. The van der Waals surface area contributed by atoms with Crippen LogP contribution < -0.4 is 5.73 Å². The Labute approximate surface area is 119 Å². The Kier molecular flexibility index (Phi) is 4.42. The molecule has 0 bridgehead atoms. The number of aromatic nitrogens is 1. The van der Waals surface area contributed by atoms with Gasteiger partial charge in [-0.2, -0.15) is 0 Å². The summed E-state index contributed by atoms with van der Waals surface area (Å²) in [6.07, 6.45) is 4.33. The van der Waals surface area contributed by atoms with Crippen LogP contribution in [-0.2, 0) is 4.79 Å². The number of halogens is 2. The summed E-state index contributed by atoms with van der Waals surface area (Å²) in [5, 5.41) is 7.93. The Bertz CT molecular complexity index is 708. The predicted octanol–water partition coefficient (Wildman–Crippen LogP) is 2.13. The number of H-pyrrole nitrogens is 1. The third-order valence-corrected chi connectivity index (χ3v) is 3.05. The smallest absolute Gasteiger partial charge is 0.219 e. The fraction of sp³-hybridized carbons (Fsp3) is 0.214. The first kappa shape index (κ1) is 14.8. The molecule has 1 amide bonds. The van der Waals surface area contributed by atoms with Crippen LogP contribution in [0.5, 0.6) is 0 Å². The van der Waals surface area contributed by atoms with Crippen molar-refractivity contribution in [2.75, 3.05) is 6.54 Å². The molecule has 0 radical (unpaired) electrons. The maximum atomic E-state index is 13.3. The van der Waals surface area contributed by atoms with Gasteiger partial charge in [0, 0.05) is 48.6 Å². The molecule has 7 heteroatoms. The van der Waals surface area contributed by atoms with Crippen LogP contribution in [-0.4, -0.2) is 29.9 Å². The zero-order chi connectivity index (χ0) is 15.4. The number of aliphatic imine (C=N–C) groups is 1. The van der Waals surface area contributed by atoms with Crippen LogP contribution in [0.4, 0.5) is 8.78 Å². The maximum absolute atomic E-state index is 13.3. The monoisotopic (exact) mass is 292 g/mol. The van der Waals surface area contributed by atoms with Gasteiger partial charge in [0.05, 0.1) is 5.92 Å². The highest BCUT2D eigenvalue weighted by atomic mass is 19.2. The van der Waals surface area contributed by atoms with Crippen molar-refractivity contribution in [1.29, 1.82) is 5.41 Å². The van der Waals surface area contributed by atoms with Crippen LogP contribution in [0.2, 0.25) is 0 Å². The predicted molar refractivity (Wildman–Crippen MR) is 76.9 cm³/mol. The standard InChI is InChI=1S/C14H14F2N4O/c15-11-3-9-10(7-20-13(9)4-12(11)16)8(5-17)6-19-2-1-14(18)21/h3-8,17,20H,1-2H2,(H2,18,21). The highest BCUT2D eigenvalue weighted by Crippen LogP contribution is 2.26. The molecule has 0 aliphatic carbocycles. The van der Waals surface area contributed by atoms with E-state index < -0.39 is 23.5 Å². The minimum Gasteiger partial charge on any atom is -0.370 e. The summed E-state index contributed by atoms with van der Waals surface area (Å²) in [6, 6.07) is 2.16. The number of hydrogen-bond acceptors (Lipinski definition) is 3. The molecule has 2 aromatic rings. The summed E-state index contributed by atoms with van der Waals surface area (Å²) in [5.74, 6) is -2.82. The highest BCUT2D eigenvalue weighted by Gasteiger charge is 2.14. The summed E-state index contributed by atoms with van der Waals surface area (Å²) < 4.78 is 26.5. The quantitative estimate of drug-likeness (QED) is 0.699. The summed E-state index contributed by atoms with van der Waals surface area (Å²) in [5.41, 5.74) is 6.06.